The summed E-state index contributed by atoms with van der Waals surface area (Å²) in [7, 11) is 3.99. The Labute approximate surface area is 209 Å². The third kappa shape index (κ3) is 5.45. The summed E-state index contributed by atoms with van der Waals surface area (Å²) < 4.78 is 0. The van der Waals surface area contributed by atoms with Crippen molar-refractivity contribution in [2.24, 2.45) is 5.92 Å². The monoisotopic (exact) mass is 480 g/mol. The fraction of sp³-hybridized carbons (Fsp3) is 0.607. The van der Waals surface area contributed by atoms with Crippen LogP contribution in [0.2, 0.25) is 0 Å². The normalized spacial score (nSPS) is 23.6. The van der Waals surface area contributed by atoms with Crippen molar-refractivity contribution in [3.63, 3.8) is 0 Å². The number of carbonyl (C=O) groups is 3. The van der Waals surface area contributed by atoms with Crippen LogP contribution >= 0.6 is 0 Å². The fourth-order valence-corrected chi connectivity index (χ4v) is 5.85. The second-order valence-electron chi connectivity index (χ2n) is 10.7. The average Bonchev–Trinajstić information content (AvgIpc) is 3.10. The first kappa shape index (κ1) is 25.4. The zero-order valence-electron chi connectivity index (χ0n) is 21.5. The van der Waals surface area contributed by atoms with E-state index in [4.69, 9.17) is 0 Å². The van der Waals surface area contributed by atoms with Gasteiger partial charge in [0.1, 0.15) is 5.54 Å². The van der Waals surface area contributed by atoms with Crippen LogP contribution in [0.3, 0.4) is 0 Å². The number of imide groups is 1. The highest BCUT2D eigenvalue weighted by atomic mass is 16.2. The molecule has 1 aromatic carbocycles. The zero-order valence-corrected chi connectivity index (χ0v) is 21.5. The number of hydrogen-bond acceptors (Lipinski definition) is 4. The molecule has 0 saturated carbocycles. The molecule has 4 rings (SSSR count). The number of nitrogens with one attached hydrogen (secondary N) is 1. The number of amides is 4. The number of aryl methyl sites for hydroxylation is 1. The van der Waals surface area contributed by atoms with E-state index in [-0.39, 0.29) is 23.8 Å². The highest BCUT2D eigenvalue weighted by molar-refractivity contribution is 6.07. The van der Waals surface area contributed by atoms with Gasteiger partial charge in [0.15, 0.2) is 0 Å². The molecular weight excluding hydrogens is 440 g/mol. The molecule has 0 aromatic heterocycles. The molecule has 2 aliphatic heterocycles. The van der Waals surface area contributed by atoms with Crippen LogP contribution in [0.4, 0.5) is 4.79 Å². The Morgan fingerprint density at radius 3 is 2.54 bits per heavy atom. The molecule has 7 nitrogen and oxygen atoms in total. The molecule has 0 unspecified atom stereocenters. The number of hydrogen-bond donors (Lipinski definition) is 1. The van der Waals surface area contributed by atoms with Gasteiger partial charge in [-0.1, -0.05) is 30.3 Å². The highest BCUT2D eigenvalue weighted by Gasteiger charge is 2.56. The Balaban J connectivity index is 1.53. The third-order valence-electron chi connectivity index (χ3n) is 7.96. The largest absolute Gasteiger partial charge is 0.339 e. The standard InChI is InChI=1S/C28H40N4O3/c1-21-10-7-8-13-23(21)20-28(26(34)32(27(35)29-28)17-9-16-30(2)3)24-14-18-31(19-15-24)25(33)22-11-5-4-6-12-22/h7-8,10-11,13,24H,4-6,9,12,14-20H2,1-3H3,(H,29,35)/t28-/m0/s1. The van der Waals surface area contributed by atoms with E-state index in [1.807, 2.05) is 31.1 Å². The van der Waals surface area contributed by atoms with Crippen molar-refractivity contribution in [3.8, 4) is 0 Å². The molecule has 0 radical (unpaired) electrons. The molecule has 35 heavy (non-hydrogen) atoms. The smallest absolute Gasteiger partial charge is 0.325 e. The van der Waals surface area contributed by atoms with Crippen LogP contribution < -0.4 is 5.32 Å². The van der Waals surface area contributed by atoms with Crippen molar-refractivity contribution < 1.29 is 14.4 Å². The third-order valence-corrected chi connectivity index (χ3v) is 7.96. The predicted octanol–water partition coefficient (Wildman–Crippen LogP) is 3.52. The molecule has 1 N–H and O–H groups in total. The van der Waals surface area contributed by atoms with E-state index in [1.54, 1.807) is 0 Å². The van der Waals surface area contributed by atoms with E-state index in [2.05, 4.69) is 35.3 Å². The minimum atomic E-state index is -0.958. The van der Waals surface area contributed by atoms with Crippen LogP contribution in [0.25, 0.3) is 0 Å². The second-order valence-corrected chi connectivity index (χ2v) is 10.7. The molecule has 3 aliphatic rings. The second kappa shape index (κ2) is 10.9. The van der Waals surface area contributed by atoms with Gasteiger partial charge in [0.25, 0.3) is 5.91 Å². The number of allylic oxidation sites excluding steroid dienone is 1. The Kier molecular flexibility index (Phi) is 7.95. The van der Waals surface area contributed by atoms with Gasteiger partial charge >= 0.3 is 6.03 Å². The number of likely N-dealkylation sites (tertiary alicyclic amines) is 1. The van der Waals surface area contributed by atoms with E-state index in [0.29, 0.717) is 38.9 Å². The summed E-state index contributed by atoms with van der Waals surface area (Å²) in [6.07, 6.45) is 8.85. The van der Waals surface area contributed by atoms with Crippen LogP contribution in [0.5, 0.6) is 0 Å². The van der Waals surface area contributed by atoms with Gasteiger partial charge in [0.2, 0.25) is 5.91 Å². The molecule has 0 bridgehead atoms. The summed E-state index contributed by atoms with van der Waals surface area (Å²) in [5.74, 6) is 0.0364. The number of nitrogens with zero attached hydrogens (tertiary/aromatic N) is 3. The number of carbonyl (C=O) groups excluding carboxylic acids is 3. The van der Waals surface area contributed by atoms with Gasteiger partial charge in [-0.2, -0.15) is 0 Å². The first-order valence-corrected chi connectivity index (χ1v) is 13.1. The molecule has 2 fully saturated rings. The van der Waals surface area contributed by atoms with E-state index in [9.17, 15) is 14.4 Å². The lowest BCUT2D eigenvalue weighted by molar-refractivity contribution is -0.135. The van der Waals surface area contributed by atoms with Crippen LogP contribution in [-0.2, 0) is 16.0 Å². The molecule has 190 valence electrons. The van der Waals surface area contributed by atoms with Crippen molar-refractivity contribution in [3.05, 3.63) is 47.0 Å². The molecule has 2 heterocycles. The van der Waals surface area contributed by atoms with Crippen molar-refractivity contribution in [2.45, 2.75) is 63.8 Å². The Morgan fingerprint density at radius 2 is 1.89 bits per heavy atom. The molecular formula is C28H40N4O3. The quantitative estimate of drug-likeness (QED) is 0.578. The molecule has 4 amide bonds. The maximum absolute atomic E-state index is 13.9. The summed E-state index contributed by atoms with van der Waals surface area (Å²) in [5, 5.41) is 3.17. The van der Waals surface area contributed by atoms with Crippen LogP contribution in [0.15, 0.2) is 35.9 Å². The number of rotatable bonds is 8. The van der Waals surface area contributed by atoms with E-state index >= 15 is 0 Å². The van der Waals surface area contributed by atoms with Gasteiger partial charge in [0, 0.05) is 31.6 Å². The number of urea groups is 1. The lowest BCUT2D eigenvalue weighted by Gasteiger charge is -2.41. The van der Waals surface area contributed by atoms with Gasteiger partial charge in [-0.15, -0.1) is 0 Å². The summed E-state index contributed by atoms with van der Waals surface area (Å²) >= 11 is 0. The number of piperidine rings is 1. The highest BCUT2D eigenvalue weighted by Crippen LogP contribution is 2.37. The van der Waals surface area contributed by atoms with E-state index in [1.165, 1.54) is 4.90 Å². The van der Waals surface area contributed by atoms with E-state index in [0.717, 1.165) is 55.3 Å². The summed E-state index contributed by atoms with van der Waals surface area (Å²) in [6.45, 7) is 4.54. The lowest BCUT2D eigenvalue weighted by atomic mass is 9.73. The van der Waals surface area contributed by atoms with Gasteiger partial charge in [0.05, 0.1) is 0 Å². The van der Waals surface area contributed by atoms with Gasteiger partial charge in [-0.05, 0) is 89.6 Å². The van der Waals surface area contributed by atoms with Crippen molar-refractivity contribution in [2.75, 3.05) is 40.3 Å². The van der Waals surface area contributed by atoms with Crippen LogP contribution in [-0.4, -0.2) is 78.4 Å². The maximum Gasteiger partial charge on any atom is 0.325 e. The minimum Gasteiger partial charge on any atom is -0.339 e. The molecule has 1 atom stereocenters. The SMILES string of the molecule is Cc1ccccc1C[C@@]1(C2CCN(C(=O)C3=CCCCC3)CC2)NC(=O)N(CCCN(C)C)C1=O. The first-order valence-electron chi connectivity index (χ1n) is 13.1. The zero-order chi connectivity index (χ0) is 25.0. The van der Waals surface area contributed by atoms with Crippen molar-refractivity contribution in [1.82, 2.24) is 20.0 Å². The average molecular weight is 481 g/mol. The first-order chi connectivity index (χ1) is 16.8. The van der Waals surface area contributed by atoms with Gasteiger partial charge < -0.3 is 15.1 Å². The molecule has 0 spiro atoms. The Morgan fingerprint density at radius 1 is 1.14 bits per heavy atom. The molecule has 7 heteroatoms. The summed E-state index contributed by atoms with van der Waals surface area (Å²) in [5.41, 5.74) is 2.20. The minimum absolute atomic E-state index is 0.0122. The predicted molar refractivity (Wildman–Crippen MR) is 137 cm³/mol. The Bertz CT molecular complexity index is 980. The number of benzene rings is 1. The molecule has 1 aromatic rings. The van der Waals surface area contributed by atoms with Crippen LogP contribution in [0, 0.1) is 12.8 Å². The molecule has 2 saturated heterocycles. The van der Waals surface area contributed by atoms with Gasteiger partial charge in [-0.25, -0.2) is 4.79 Å². The topological polar surface area (TPSA) is 73.0 Å². The van der Waals surface area contributed by atoms with E-state index < -0.39 is 5.54 Å². The van der Waals surface area contributed by atoms with Gasteiger partial charge in [-0.3, -0.25) is 14.5 Å². The van der Waals surface area contributed by atoms with Crippen molar-refractivity contribution in [1.29, 1.82) is 0 Å². The molecule has 1 aliphatic carbocycles. The van der Waals surface area contributed by atoms with Crippen LogP contribution in [0.1, 0.15) is 56.1 Å². The lowest BCUT2D eigenvalue weighted by Crippen LogP contribution is -2.58. The van der Waals surface area contributed by atoms with Crippen molar-refractivity contribution >= 4 is 17.8 Å². The summed E-state index contributed by atoms with van der Waals surface area (Å²) in [4.78, 5) is 45.5. The Hall–Kier alpha value is -2.67. The fourth-order valence-electron chi connectivity index (χ4n) is 5.85. The maximum atomic E-state index is 13.9. The summed E-state index contributed by atoms with van der Waals surface area (Å²) in [6, 6.07) is 7.81.